The van der Waals surface area contributed by atoms with E-state index in [9.17, 15) is 0 Å². The fourth-order valence-corrected chi connectivity index (χ4v) is 2.45. The second-order valence-corrected chi connectivity index (χ2v) is 5.29. The summed E-state index contributed by atoms with van der Waals surface area (Å²) in [6, 6.07) is 5.03. The topological polar surface area (TPSA) is 30.5 Å². The lowest BCUT2D eigenvalue weighted by Gasteiger charge is -2.13. The molecule has 3 heteroatoms. The van der Waals surface area contributed by atoms with Gasteiger partial charge in [-0.3, -0.25) is 0 Å². The summed E-state index contributed by atoms with van der Waals surface area (Å²) in [6.45, 7) is 5.74. The maximum Gasteiger partial charge on any atom is 0.124 e. The maximum absolute atomic E-state index is 5.82. The van der Waals surface area contributed by atoms with Crippen molar-refractivity contribution in [2.45, 2.75) is 51.8 Å². The Morgan fingerprint density at radius 1 is 1.39 bits per heavy atom. The second kappa shape index (κ2) is 4.81. The molecule has 0 bridgehead atoms. The number of nitrogens with one attached hydrogen (secondary N) is 1. The third-order valence-electron chi connectivity index (χ3n) is 3.54. The van der Waals surface area contributed by atoms with E-state index in [1.807, 2.05) is 6.92 Å². The highest BCUT2D eigenvalue weighted by Crippen LogP contribution is 2.35. The molecule has 1 atom stereocenters. The first kappa shape index (κ1) is 11.8. The van der Waals surface area contributed by atoms with Gasteiger partial charge in [-0.15, -0.1) is 0 Å². The molecular formula is C15H21NO2. The van der Waals surface area contributed by atoms with Crippen molar-refractivity contribution in [1.29, 1.82) is 0 Å². The molecule has 1 heterocycles. The molecule has 0 saturated heterocycles. The minimum absolute atomic E-state index is 0.293. The first-order valence-corrected chi connectivity index (χ1v) is 6.95. The van der Waals surface area contributed by atoms with Crippen LogP contribution in [0, 0.1) is 0 Å². The van der Waals surface area contributed by atoms with Crippen LogP contribution in [0.25, 0.3) is 0 Å². The maximum atomic E-state index is 5.82. The van der Waals surface area contributed by atoms with Crippen molar-refractivity contribution in [2.75, 3.05) is 6.61 Å². The van der Waals surface area contributed by atoms with Crippen LogP contribution in [0.5, 0.6) is 11.5 Å². The molecule has 0 radical (unpaired) electrons. The number of benzene rings is 1. The molecule has 1 fully saturated rings. The zero-order valence-electron chi connectivity index (χ0n) is 11.2. The summed E-state index contributed by atoms with van der Waals surface area (Å²) in [4.78, 5) is 0. The Balaban J connectivity index is 1.82. The highest BCUT2D eigenvalue weighted by Gasteiger charge is 2.24. The molecule has 1 aliphatic heterocycles. The van der Waals surface area contributed by atoms with Gasteiger partial charge in [-0.25, -0.2) is 0 Å². The van der Waals surface area contributed by atoms with Gasteiger partial charge in [-0.2, -0.15) is 0 Å². The molecule has 3 rings (SSSR count). The monoisotopic (exact) mass is 247 g/mol. The summed E-state index contributed by atoms with van der Waals surface area (Å²) in [7, 11) is 0. The molecule has 1 N–H and O–H groups in total. The van der Waals surface area contributed by atoms with Crippen molar-refractivity contribution < 1.29 is 9.47 Å². The lowest BCUT2D eigenvalue weighted by Crippen LogP contribution is -2.16. The first-order valence-electron chi connectivity index (χ1n) is 6.95. The van der Waals surface area contributed by atoms with E-state index < -0.39 is 0 Å². The van der Waals surface area contributed by atoms with Crippen LogP contribution >= 0.6 is 0 Å². The quantitative estimate of drug-likeness (QED) is 0.867. The first-order chi connectivity index (χ1) is 8.76. The summed E-state index contributed by atoms with van der Waals surface area (Å²) in [6.07, 6.45) is 3.90. The Kier molecular flexibility index (Phi) is 3.16. The van der Waals surface area contributed by atoms with Crippen LogP contribution in [0.15, 0.2) is 12.1 Å². The largest absolute Gasteiger partial charge is 0.494 e. The number of hydrogen-bond donors (Lipinski definition) is 1. The highest BCUT2D eigenvalue weighted by molar-refractivity contribution is 5.48. The zero-order valence-corrected chi connectivity index (χ0v) is 11.2. The normalized spacial score (nSPS) is 21.6. The van der Waals surface area contributed by atoms with Gasteiger partial charge in [-0.1, -0.05) is 0 Å². The van der Waals surface area contributed by atoms with Crippen LogP contribution in [0.4, 0.5) is 0 Å². The van der Waals surface area contributed by atoms with E-state index >= 15 is 0 Å². The van der Waals surface area contributed by atoms with Crippen LogP contribution in [0.2, 0.25) is 0 Å². The van der Waals surface area contributed by atoms with Crippen LogP contribution < -0.4 is 14.8 Å². The van der Waals surface area contributed by atoms with Crippen molar-refractivity contribution in [1.82, 2.24) is 5.32 Å². The number of fused-ring (bicyclic) bond motifs is 1. The summed E-state index contributed by atoms with van der Waals surface area (Å²) in [5.41, 5.74) is 2.50. The second-order valence-electron chi connectivity index (χ2n) is 5.29. The number of hydrogen-bond acceptors (Lipinski definition) is 3. The molecule has 18 heavy (non-hydrogen) atoms. The summed E-state index contributed by atoms with van der Waals surface area (Å²) in [5, 5.41) is 3.54. The summed E-state index contributed by atoms with van der Waals surface area (Å²) >= 11 is 0. The minimum atomic E-state index is 0.293. The van der Waals surface area contributed by atoms with Gasteiger partial charge in [0.15, 0.2) is 0 Å². The van der Waals surface area contributed by atoms with Gasteiger partial charge >= 0.3 is 0 Å². The molecule has 1 unspecified atom stereocenters. The number of rotatable bonds is 5. The molecular weight excluding hydrogens is 226 g/mol. The van der Waals surface area contributed by atoms with Crippen molar-refractivity contribution in [3.63, 3.8) is 0 Å². The fraction of sp³-hybridized carbons (Fsp3) is 0.600. The molecule has 1 aromatic rings. The van der Waals surface area contributed by atoms with Crippen molar-refractivity contribution >= 4 is 0 Å². The van der Waals surface area contributed by atoms with E-state index in [-0.39, 0.29) is 0 Å². The van der Waals surface area contributed by atoms with Crippen LogP contribution in [-0.4, -0.2) is 18.8 Å². The van der Waals surface area contributed by atoms with E-state index in [1.165, 1.54) is 24.0 Å². The predicted octanol–water partition coefficient (Wildman–Crippen LogP) is 2.66. The average molecular weight is 247 g/mol. The molecule has 0 spiro atoms. The van der Waals surface area contributed by atoms with Gasteiger partial charge in [0.1, 0.15) is 17.6 Å². The molecule has 3 nitrogen and oxygen atoms in total. The lowest BCUT2D eigenvalue weighted by atomic mass is 10.1. The third kappa shape index (κ3) is 2.46. The summed E-state index contributed by atoms with van der Waals surface area (Å²) < 4.78 is 11.6. The Morgan fingerprint density at radius 3 is 2.94 bits per heavy atom. The van der Waals surface area contributed by atoms with Crippen molar-refractivity contribution in [3.05, 3.63) is 23.3 Å². The van der Waals surface area contributed by atoms with Gasteiger partial charge in [0.05, 0.1) is 6.61 Å². The van der Waals surface area contributed by atoms with Crippen molar-refractivity contribution in [3.8, 4) is 11.5 Å². The van der Waals surface area contributed by atoms with Crippen LogP contribution in [-0.2, 0) is 13.0 Å². The number of ether oxygens (including phenoxy) is 2. The Morgan fingerprint density at radius 2 is 2.22 bits per heavy atom. The Labute approximate surface area is 108 Å². The molecule has 0 amide bonds. The lowest BCUT2D eigenvalue weighted by molar-refractivity contribution is 0.254. The standard InChI is InChI=1S/C15H21NO2/c1-3-17-14-7-11-6-10(2)18-15(11)8-12(14)9-16-13-4-5-13/h7-8,10,13,16H,3-6,9H2,1-2H3. The van der Waals surface area contributed by atoms with Gasteiger partial charge in [0.25, 0.3) is 0 Å². The van der Waals surface area contributed by atoms with Gasteiger partial charge in [-0.05, 0) is 38.8 Å². The average Bonchev–Trinajstić information content (AvgIpc) is 3.09. The molecule has 0 aromatic heterocycles. The molecule has 2 aliphatic rings. The molecule has 1 aromatic carbocycles. The van der Waals surface area contributed by atoms with E-state index in [1.54, 1.807) is 0 Å². The van der Waals surface area contributed by atoms with E-state index in [2.05, 4.69) is 24.4 Å². The molecule has 1 saturated carbocycles. The fourth-order valence-electron chi connectivity index (χ4n) is 2.45. The Bertz CT molecular complexity index is 440. The third-order valence-corrected chi connectivity index (χ3v) is 3.54. The minimum Gasteiger partial charge on any atom is -0.494 e. The van der Waals surface area contributed by atoms with Gasteiger partial charge < -0.3 is 14.8 Å². The SMILES string of the molecule is CCOc1cc2c(cc1CNC1CC1)OC(C)C2. The van der Waals surface area contributed by atoms with Gasteiger partial charge in [0.2, 0.25) is 0 Å². The van der Waals surface area contributed by atoms with Crippen LogP contribution in [0.3, 0.4) is 0 Å². The van der Waals surface area contributed by atoms with E-state index in [0.29, 0.717) is 18.8 Å². The van der Waals surface area contributed by atoms with Crippen molar-refractivity contribution in [2.24, 2.45) is 0 Å². The zero-order chi connectivity index (χ0) is 12.5. The smallest absolute Gasteiger partial charge is 0.124 e. The summed E-state index contributed by atoms with van der Waals surface area (Å²) in [5.74, 6) is 2.06. The highest BCUT2D eigenvalue weighted by atomic mass is 16.5. The van der Waals surface area contributed by atoms with Crippen LogP contribution in [0.1, 0.15) is 37.8 Å². The molecule has 98 valence electrons. The predicted molar refractivity (Wildman–Crippen MR) is 71.3 cm³/mol. The van der Waals surface area contributed by atoms with Gasteiger partial charge in [0, 0.05) is 30.1 Å². The van der Waals surface area contributed by atoms with E-state index in [0.717, 1.165) is 24.5 Å². The molecule has 1 aliphatic carbocycles. The Hall–Kier alpha value is -1.22. The van der Waals surface area contributed by atoms with E-state index in [4.69, 9.17) is 9.47 Å².